The van der Waals surface area contributed by atoms with Crippen molar-refractivity contribution in [2.24, 2.45) is 0 Å². The van der Waals surface area contributed by atoms with Gasteiger partial charge in [-0.25, -0.2) is 4.68 Å². The average molecular weight is 268 g/mol. The molecule has 0 saturated heterocycles. The second kappa shape index (κ2) is 5.08. The van der Waals surface area contributed by atoms with Gasteiger partial charge in [0, 0.05) is 6.42 Å². The van der Waals surface area contributed by atoms with Gasteiger partial charge >= 0.3 is 5.97 Å². The van der Waals surface area contributed by atoms with Crippen molar-refractivity contribution < 1.29 is 9.90 Å². The van der Waals surface area contributed by atoms with Crippen LogP contribution in [0.4, 0.5) is 0 Å². The molecule has 0 unspecified atom stereocenters. The molecule has 2 aromatic carbocycles. The highest BCUT2D eigenvalue weighted by molar-refractivity contribution is 5.85. The maximum Gasteiger partial charge on any atom is 0.325 e. The van der Waals surface area contributed by atoms with Crippen LogP contribution in [0.1, 0.15) is 11.4 Å². The van der Waals surface area contributed by atoms with Crippen molar-refractivity contribution in [1.29, 1.82) is 0 Å². The lowest BCUT2D eigenvalue weighted by Crippen LogP contribution is -2.13. The maximum atomic E-state index is 10.8. The molecule has 0 aliphatic rings. The predicted octanol–water partition coefficient (Wildman–Crippen LogP) is 1.50. The largest absolute Gasteiger partial charge is 0.480 e. The molecule has 0 saturated carbocycles. The number of aliphatic carboxylic acids is 1. The van der Waals surface area contributed by atoms with Crippen molar-refractivity contribution >= 4 is 16.7 Å². The Bertz CT molecular complexity index is 761. The summed E-state index contributed by atoms with van der Waals surface area (Å²) < 4.78 is 1.31. The zero-order chi connectivity index (χ0) is 13.9. The van der Waals surface area contributed by atoms with Gasteiger partial charge in [-0.2, -0.15) is 0 Å². The van der Waals surface area contributed by atoms with Crippen LogP contribution in [0, 0.1) is 0 Å². The topological polar surface area (TPSA) is 80.9 Å². The first-order valence-electron chi connectivity index (χ1n) is 6.17. The van der Waals surface area contributed by atoms with Gasteiger partial charge in [0.2, 0.25) is 0 Å². The van der Waals surface area contributed by atoms with Gasteiger partial charge in [-0.05, 0) is 26.8 Å². The van der Waals surface area contributed by atoms with E-state index in [1.807, 2.05) is 42.5 Å². The number of aromatic nitrogens is 4. The molecule has 100 valence electrons. The van der Waals surface area contributed by atoms with Crippen molar-refractivity contribution in [2.45, 2.75) is 13.0 Å². The lowest BCUT2D eigenvalue weighted by molar-refractivity contribution is -0.138. The minimum atomic E-state index is -0.962. The van der Waals surface area contributed by atoms with Gasteiger partial charge in [0.05, 0.1) is 0 Å². The van der Waals surface area contributed by atoms with Crippen LogP contribution in [0.15, 0.2) is 42.5 Å². The van der Waals surface area contributed by atoms with Gasteiger partial charge in [-0.15, -0.1) is 5.10 Å². The van der Waals surface area contributed by atoms with Crippen molar-refractivity contribution in [3.05, 3.63) is 53.9 Å². The number of carbonyl (C=O) groups is 1. The molecule has 0 fully saturated rings. The van der Waals surface area contributed by atoms with E-state index in [1.165, 1.54) is 4.68 Å². The Kier molecular flexibility index (Phi) is 3.12. The first-order valence-corrected chi connectivity index (χ1v) is 6.17. The summed E-state index contributed by atoms with van der Waals surface area (Å²) in [7, 11) is 0. The number of hydrogen-bond donors (Lipinski definition) is 1. The highest BCUT2D eigenvalue weighted by atomic mass is 16.4. The summed E-state index contributed by atoms with van der Waals surface area (Å²) in [5.74, 6) is -0.416. The van der Waals surface area contributed by atoms with Gasteiger partial charge in [0.25, 0.3) is 0 Å². The van der Waals surface area contributed by atoms with Crippen LogP contribution >= 0.6 is 0 Å². The Balaban J connectivity index is 1.98. The Hall–Kier alpha value is -2.76. The summed E-state index contributed by atoms with van der Waals surface area (Å²) in [6.45, 7) is -0.229. The summed E-state index contributed by atoms with van der Waals surface area (Å²) in [5, 5.41) is 22.3. The molecule has 6 heteroatoms. The van der Waals surface area contributed by atoms with Crippen LogP contribution < -0.4 is 0 Å². The van der Waals surface area contributed by atoms with Crippen LogP contribution in [0.2, 0.25) is 0 Å². The molecule has 6 nitrogen and oxygen atoms in total. The SMILES string of the molecule is O=C(O)Cn1nnnc1Cc1cccc2ccccc12. The molecule has 20 heavy (non-hydrogen) atoms. The first-order chi connectivity index (χ1) is 9.74. The lowest BCUT2D eigenvalue weighted by atomic mass is 10.0. The molecule has 0 radical (unpaired) electrons. The normalized spacial score (nSPS) is 10.8. The van der Waals surface area contributed by atoms with E-state index in [4.69, 9.17) is 5.11 Å². The molecule has 0 spiro atoms. The van der Waals surface area contributed by atoms with Gasteiger partial charge in [-0.1, -0.05) is 42.5 Å². The van der Waals surface area contributed by atoms with Crippen molar-refractivity contribution in [1.82, 2.24) is 20.2 Å². The second-order valence-corrected chi connectivity index (χ2v) is 4.46. The van der Waals surface area contributed by atoms with Gasteiger partial charge in [0.1, 0.15) is 6.54 Å². The summed E-state index contributed by atoms with van der Waals surface area (Å²) in [5.41, 5.74) is 1.07. The molecule has 0 bridgehead atoms. The third-order valence-corrected chi connectivity index (χ3v) is 3.12. The monoisotopic (exact) mass is 268 g/mol. The van der Waals surface area contributed by atoms with E-state index in [0.717, 1.165) is 16.3 Å². The van der Waals surface area contributed by atoms with E-state index >= 15 is 0 Å². The van der Waals surface area contributed by atoms with Gasteiger partial charge < -0.3 is 5.11 Å². The van der Waals surface area contributed by atoms with E-state index in [2.05, 4.69) is 15.5 Å². The summed E-state index contributed by atoms with van der Waals surface area (Å²) >= 11 is 0. The quantitative estimate of drug-likeness (QED) is 0.775. The highest BCUT2D eigenvalue weighted by Crippen LogP contribution is 2.20. The molecule has 0 atom stereocenters. The molecular weight excluding hydrogens is 256 g/mol. The van der Waals surface area contributed by atoms with E-state index in [9.17, 15) is 4.79 Å². The summed E-state index contributed by atoms with van der Waals surface area (Å²) in [6.07, 6.45) is 0.502. The fourth-order valence-corrected chi connectivity index (χ4v) is 2.22. The molecule has 1 heterocycles. The van der Waals surface area contributed by atoms with Crippen LogP contribution in [0.25, 0.3) is 10.8 Å². The molecule has 0 aliphatic heterocycles. The molecule has 3 rings (SSSR count). The number of nitrogens with zero attached hydrogens (tertiary/aromatic N) is 4. The number of benzene rings is 2. The van der Waals surface area contributed by atoms with E-state index in [-0.39, 0.29) is 6.54 Å². The second-order valence-electron chi connectivity index (χ2n) is 4.46. The Morgan fingerprint density at radius 3 is 2.80 bits per heavy atom. The Morgan fingerprint density at radius 2 is 1.95 bits per heavy atom. The zero-order valence-corrected chi connectivity index (χ0v) is 10.6. The minimum absolute atomic E-state index is 0.229. The standard InChI is InChI=1S/C14H12N4O2/c19-14(20)9-18-13(15-16-17-18)8-11-6-3-5-10-4-1-2-7-12(10)11/h1-7H,8-9H2,(H,19,20). The van der Waals surface area contributed by atoms with Crippen molar-refractivity contribution in [2.75, 3.05) is 0 Å². The number of carboxylic acids is 1. The highest BCUT2D eigenvalue weighted by Gasteiger charge is 2.11. The lowest BCUT2D eigenvalue weighted by Gasteiger charge is -2.06. The smallest absolute Gasteiger partial charge is 0.325 e. The van der Waals surface area contributed by atoms with Crippen LogP contribution in [-0.4, -0.2) is 31.3 Å². The molecule has 1 aromatic heterocycles. The summed E-state index contributed by atoms with van der Waals surface area (Å²) in [4.78, 5) is 10.8. The number of tetrazole rings is 1. The molecule has 1 N–H and O–H groups in total. The average Bonchev–Trinajstić information content (AvgIpc) is 2.86. The number of carboxylic acid groups (broad SMARTS) is 1. The molecule has 0 amide bonds. The summed E-state index contributed by atoms with van der Waals surface area (Å²) in [6, 6.07) is 14.1. The van der Waals surface area contributed by atoms with Crippen LogP contribution in [0.5, 0.6) is 0 Å². The van der Waals surface area contributed by atoms with Gasteiger partial charge in [0.15, 0.2) is 5.82 Å². The third kappa shape index (κ3) is 2.35. The fraction of sp³-hybridized carbons (Fsp3) is 0.143. The maximum absolute atomic E-state index is 10.8. The Labute approximate surface area is 114 Å². The first kappa shape index (κ1) is 12.3. The van der Waals surface area contributed by atoms with E-state index < -0.39 is 5.97 Å². The van der Waals surface area contributed by atoms with Crippen LogP contribution in [0.3, 0.4) is 0 Å². The number of hydrogen-bond acceptors (Lipinski definition) is 4. The molecule has 3 aromatic rings. The van der Waals surface area contributed by atoms with Crippen molar-refractivity contribution in [3.63, 3.8) is 0 Å². The molecular formula is C14H12N4O2. The predicted molar refractivity (Wildman–Crippen MR) is 72.2 cm³/mol. The van der Waals surface area contributed by atoms with Crippen molar-refractivity contribution in [3.8, 4) is 0 Å². The molecule has 0 aliphatic carbocycles. The number of rotatable bonds is 4. The Morgan fingerprint density at radius 1 is 1.15 bits per heavy atom. The van der Waals surface area contributed by atoms with Gasteiger partial charge in [-0.3, -0.25) is 4.79 Å². The van der Waals surface area contributed by atoms with Crippen LogP contribution in [-0.2, 0) is 17.8 Å². The number of fused-ring (bicyclic) bond motifs is 1. The van der Waals surface area contributed by atoms with E-state index in [1.54, 1.807) is 0 Å². The minimum Gasteiger partial charge on any atom is -0.480 e. The third-order valence-electron chi connectivity index (χ3n) is 3.12. The zero-order valence-electron chi connectivity index (χ0n) is 10.6. The van der Waals surface area contributed by atoms with E-state index in [0.29, 0.717) is 12.2 Å². The fourth-order valence-electron chi connectivity index (χ4n) is 2.22.